The quantitative estimate of drug-likeness (QED) is 0.737. The summed E-state index contributed by atoms with van der Waals surface area (Å²) >= 11 is 0. The predicted octanol–water partition coefficient (Wildman–Crippen LogP) is 3.32. The number of hydrogen-bond acceptors (Lipinski definition) is 3. The highest BCUT2D eigenvalue weighted by atomic mass is 16.5. The Kier molecular flexibility index (Phi) is 2.96. The molecule has 1 aromatic heterocycles. The smallest absolute Gasteiger partial charge is 0.219 e. The van der Waals surface area contributed by atoms with Gasteiger partial charge in [-0.1, -0.05) is 24.3 Å². The van der Waals surface area contributed by atoms with Crippen LogP contribution in [0.1, 0.15) is 18.8 Å². The molecule has 0 unspecified atom stereocenters. The van der Waals surface area contributed by atoms with Crippen molar-refractivity contribution in [3.8, 4) is 11.6 Å². The van der Waals surface area contributed by atoms with E-state index < -0.39 is 0 Å². The molecule has 0 N–H and O–H groups in total. The molecule has 3 heteroatoms. The molecule has 3 nitrogen and oxygen atoms in total. The number of hydrogen-bond donors (Lipinski definition) is 0. The molecule has 0 spiro atoms. The van der Waals surface area contributed by atoms with Crippen LogP contribution >= 0.6 is 0 Å². The fraction of sp³-hybridized carbons (Fsp3) is 0.0769. The number of carbonyl (C=O) groups excluding carboxylic acids is 1. The van der Waals surface area contributed by atoms with Gasteiger partial charge in [-0.05, 0) is 18.2 Å². The number of nitrogens with zero attached hydrogens (tertiary/aromatic N) is 1. The summed E-state index contributed by atoms with van der Waals surface area (Å²) in [5, 5.41) is 0. The molecule has 0 saturated heterocycles. The highest BCUT2D eigenvalue weighted by Gasteiger charge is 2.03. The first kappa shape index (κ1) is 10.4. The van der Waals surface area contributed by atoms with Crippen LogP contribution in [0.2, 0.25) is 0 Å². The fourth-order valence-corrected chi connectivity index (χ4v) is 1.28. The molecule has 0 saturated carbocycles. The van der Waals surface area contributed by atoms with Gasteiger partial charge in [0, 0.05) is 14.4 Å². The minimum atomic E-state index is -0.0708. The van der Waals surface area contributed by atoms with Gasteiger partial charge < -0.3 is 4.74 Å². The zero-order chi connectivity index (χ0) is 11.4. The molecule has 0 atom stereocenters. The van der Waals surface area contributed by atoms with Crippen LogP contribution in [0.15, 0.2) is 48.5 Å². The summed E-state index contributed by atoms with van der Waals surface area (Å²) < 4.78 is 5.51. The minimum Gasteiger partial charge on any atom is -0.439 e. The average Bonchev–Trinajstić information content (AvgIpc) is 2.30. The van der Waals surface area contributed by atoms with Crippen LogP contribution in [0.25, 0.3) is 0 Å². The summed E-state index contributed by atoms with van der Waals surface area (Å²) in [6.45, 7) is 1.48. The lowest BCUT2D eigenvalue weighted by molar-refractivity contribution is 0.101. The van der Waals surface area contributed by atoms with E-state index in [4.69, 9.17) is 4.74 Å². The normalized spacial score (nSPS) is 9.81. The van der Waals surface area contributed by atoms with Gasteiger partial charge in [0.25, 0.3) is 0 Å². The Labute approximate surface area is 95.2 Å². The zero-order valence-corrected chi connectivity index (χ0v) is 8.88. The zero-order valence-electron chi connectivity index (χ0n) is 8.88. The van der Waals surface area contributed by atoms with Crippen molar-refractivity contribution in [2.24, 2.45) is 0 Å². The van der Waals surface area contributed by atoms with Crippen molar-refractivity contribution in [2.45, 2.75) is 6.92 Å². The molecule has 16 heavy (non-hydrogen) atoms. The Bertz CT molecular complexity index is 500. The van der Waals surface area contributed by atoms with Gasteiger partial charge in [-0.25, -0.2) is 4.98 Å². The Morgan fingerprint density at radius 1 is 1.12 bits per heavy atom. The van der Waals surface area contributed by atoms with Crippen molar-refractivity contribution in [1.29, 1.82) is 0 Å². The monoisotopic (exact) mass is 215 g/mol. The van der Waals surface area contributed by atoms with E-state index in [-0.39, 0.29) is 7.21 Å². The summed E-state index contributed by atoms with van der Waals surface area (Å²) in [6.07, 6.45) is 0. The second kappa shape index (κ2) is 4.57. The number of carbonyl (C=O) groups is 1. The van der Waals surface area contributed by atoms with Crippen molar-refractivity contribution >= 4 is 5.78 Å². The Balaban J connectivity index is 0.00000144. The number of aromatic nitrogens is 1. The third kappa shape index (κ3) is 2.45. The van der Waals surface area contributed by atoms with Crippen molar-refractivity contribution in [3.63, 3.8) is 0 Å². The lowest BCUT2D eigenvalue weighted by Crippen LogP contribution is -1.97. The van der Waals surface area contributed by atoms with Crippen LogP contribution in [0.4, 0.5) is 0 Å². The molecular weight excluding hydrogens is 202 g/mol. The molecule has 0 aliphatic carbocycles. The maximum absolute atomic E-state index is 11.1. The van der Waals surface area contributed by atoms with E-state index in [0.29, 0.717) is 17.3 Å². The maximum Gasteiger partial charge on any atom is 0.219 e. The number of rotatable bonds is 3. The summed E-state index contributed by atoms with van der Waals surface area (Å²) in [7, 11) is 0. The average molecular weight is 215 g/mol. The summed E-state index contributed by atoms with van der Waals surface area (Å²) in [5.41, 5.74) is 0.411. The van der Waals surface area contributed by atoms with Gasteiger partial charge in [0.1, 0.15) is 11.4 Å². The molecule has 0 aliphatic heterocycles. The largest absolute Gasteiger partial charge is 0.439 e. The van der Waals surface area contributed by atoms with Crippen LogP contribution in [-0.2, 0) is 0 Å². The number of para-hydroxylation sites is 1. The first-order chi connectivity index (χ1) is 7.75. The van der Waals surface area contributed by atoms with E-state index in [9.17, 15) is 4.79 Å². The molecule has 82 valence electrons. The van der Waals surface area contributed by atoms with Crippen LogP contribution in [-0.4, -0.2) is 10.8 Å². The van der Waals surface area contributed by atoms with Gasteiger partial charge in [0.2, 0.25) is 5.88 Å². The first-order valence-electron chi connectivity index (χ1n) is 4.96. The van der Waals surface area contributed by atoms with E-state index in [1.165, 1.54) is 6.92 Å². The summed E-state index contributed by atoms with van der Waals surface area (Å²) in [4.78, 5) is 15.2. The molecule has 2 aromatic rings. The predicted molar refractivity (Wildman–Crippen MR) is 62.9 cm³/mol. The number of pyridine rings is 1. The Morgan fingerprint density at radius 3 is 2.56 bits per heavy atom. The Hall–Kier alpha value is -2.16. The summed E-state index contributed by atoms with van der Waals surface area (Å²) in [5.74, 6) is 1.06. The van der Waals surface area contributed by atoms with Crippen molar-refractivity contribution in [2.75, 3.05) is 0 Å². The molecule has 0 radical (unpaired) electrons. The highest BCUT2D eigenvalue weighted by molar-refractivity contribution is 5.92. The Morgan fingerprint density at radius 2 is 1.88 bits per heavy atom. The molecule has 1 aromatic carbocycles. The van der Waals surface area contributed by atoms with Gasteiger partial charge in [-0.15, -0.1) is 0 Å². The van der Waals surface area contributed by atoms with Crippen LogP contribution in [0.5, 0.6) is 11.6 Å². The van der Waals surface area contributed by atoms with Crippen LogP contribution in [0, 0.1) is 0 Å². The topological polar surface area (TPSA) is 39.2 Å². The lowest BCUT2D eigenvalue weighted by Gasteiger charge is -2.04. The third-order valence-corrected chi connectivity index (χ3v) is 2.05. The molecule has 0 bridgehead atoms. The standard InChI is InChI=1S/C13H11NO2.H2/c1-10(15)12-8-5-9-13(14-12)16-11-6-3-2-4-7-11;/h2-9H,1H3;1H. The van der Waals surface area contributed by atoms with E-state index in [1.807, 2.05) is 30.3 Å². The number of benzene rings is 1. The number of Topliss-reactive ketones (excluding diaryl/α,β-unsaturated/α-hetero) is 1. The third-order valence-electron chi connectivity index (χ3n) is 2.05. The van der Waals surface area contributed by atoms with Gasteiger partial charge in [-0.3, -0.25) is 4.79 Å². The first-order valence-corrected chi connectivity index (χ1v) is 4.96. The van der Waals surface area contributed by atoms with Gasteiger partial charge in [-0.2, -0.15) is 0 Å². The highest BCUT2D eigenvalue weighted by Crippen LogP contribution is 2.18. The molecular formula is C13H13NO2. The maximum atomic E-state index is 11.1. The molecule has 0 amide bonds. The SMILES string of the molecule is CC(=O)c1cccc(Oc2ccccc2)n1.[HH]. The van der Waals surface area contributed by atoms with Crippen molar-refractivity contribution in [3.05, 3.63) is 54.2 Å². The van der Waals surface area contributed by atoms with Crippen molar-refractivity contribution < 1.29 is 11.0 Å². The van der Waals surface area contributed by atoms with E-state index in [0.717, 1.165) is 0 Å². The van der Waals surface area contributed by atoms with Crippen molar-refractivity contribution in [1.82, 2.24) is 4.98 Å². The summed E-state index contributed by atoms with van der Waals surface area (Å²) in [6, 6.07) is 14.5. The van der Waals surface area contributed by atoms with Crippen LogP contribution < -0.4 is 4.74 Å². The van der Waals surface area contributed by atoms with E-state index in [1.54, 1.807) is 18.2 Å². The molecule has 0 aliphatic rings. The van der Waals surface area contributed by atoms with Gasteiger partial charge >= 0.3 is 0 Å². The lowest BCUT2D eigenvalue weighted by atomic mass is 10.3. The van der Waals surface area contributed by atoms with E-state index in [2.05, 4.69) is 4.98 Å². The van der Waals surface area contributed by atoms with Gasteiger partial charge in [0.05, 0.1) is 0 Å². The number of ether oxygens (including phenoxy) is 1. The molecule has 0 fully saturated rings. The minimum absolute atomic E-state index is 0. The fourth-order valence-electron chi connectivity index (χ4n) is 1.28. The van der Waals surface area contributed by atoms with Crippen LogP contribution in [0.3, 0.4) is 0 Å². The van der Waals surface area contributed by atoms with Gasteiger partial charge in [0.15, 0.2) is 5.78 Å². The molecule has 2 rings (SSSR count). The second-order valence-corrected chi connectivity index (χ2v) is 3.33. The number of ketones is 1. The van der Waals surface area contributed by atoms with E-state index >= 15 is 0 Å². The molecule has 1 heterocycles. The second-order valence-electron chi connectivity index (χ2n) is 3.33.